The number of carbonyl (C=O) groups excluding carboxylic acids is 1. The maximum absolute atomic E-state index is 11.0. The Bertz CT molecular complexity index is 244. The van der Waals surface area contributed by atoms with Crippen LogP contribution in [-0.2, 0) is 4.79 Å². The van der Waals surface area contributed by atoms with Crippen molar-refractivity contribution in [1.82, 2.24) is 5.32 Å². The van der Waals surface area contributed by atoms with E-state index in [4.69, 9.17) is 0 Å². The van der Waals surface area contributed by atoms with Crippen LogP contribution in [0.1, 0.15) is 25.7 Å². The van der Waals surface area contributed by atoms with E-state index in [-0.39, 0.29) is 18.1 Å². The Morgan fingerprint density at radius 1 is 1.54 bits per heavy atom. The molecular formula is C9H12BrNO2. The van der Waals surface area contributed by atoms with E-state index in [1.54, 1.807) is 0 Å². The molecule has 0 saturated heterocycles. The highest BCUT2D eigenvalue weighted by Crippen LogP contribution is 2.17. The number of halogens is 1. The predicted octanol–water partition coefficient (Wildman–Crippen LogP) is 0.762. The third-order valence-electron chi connectivity index (χ3n) is 2.14. The van der Waals surface area contributed by atoms with E-state index in [0.717, 1.165) is 19.3 Å². The van der Waals surface area contributed by atoms with Gasteiger partial charge in [-0.25, -0.2) is 0 Å². The van der Waals surface area contributed by atoms with E-state index in [9.17, 15) is 9.90 Å². The maximum atomic E-state index is 11.0. The van der Waals surface area contributed by atoms with E-state index in [0.29, 0.717) is 6.42 Å². The molecule has 0 bridgehead atoms. The van der Waals surface area contributed by atoms with Gasteiger partial charge < -0.3 is 10.4 Å². The van der Waals surface area contributed by atoms with E-state index in [2.05, 4.69) is 32.0 Å². The minimum absolute atomic E-state index is 0.0876. The Morgan fingerprint density at radius 3 is 2.92 bits per heavy atom. The fourth-order valence-corrected chi connectivity index (χ4v) is 1.74. The largest absolute Gasteiger partial charge is 0.393 e. The minimum atomic E-state index is -0.282. The van der Waals surface area contributed by atoms with Gasteiger partial charge in [-0.2, -0.15) is 0 Å². The van der Waals surface area contributed by atoms with Crippen LogP contribution in [0.3, 0.4) is 0 Å². The lowest BCUT2D eigenvalue weighted by Gasteiger charge is -2.25. The molecule has 0 heterocycles. The molecule has 1 amide bonds. The lowest BCUT2D eigenvalue weighted by atomic mass is 9.93. The molecule has 72 valence electrons. The van der Waals surface area contributed by atoms with Crippen LogP contribution < -0.4 is 5.32 Å². The van der Waals surface area contributed by atoms with Crippen molar-refractivity contribution in [2.24, 2.45) is 0 Å². The summed E-state index contributed by atoms with van der Waals surface area (Å²) in [5, 5.41) is 12.1. The van der Waals surface area contributed by atoms with Crippen LogP contribution in [0.15, 0.2) is 0 Å². The van der Waals surface area contributed by atoms with Crippen molar-refractivity contribution >= 4 is 21.8 Å². The number of amides is 1. The molecule has 1 fully saturated rings. The molecule has 13 heavy (non-hydrogen) atoms. The minimum Gasteiger partial charge on any atom is -0.393 e. The van der Waals surface area contributed by atoms with Gasteiger partial charge in [-0.3, -0.25) is 4.79 Å². The van der Waals surface area contributed by atoms with Crippen molar-refractivity contribution in [2.75, 3.05) is 0 Å². The van der Waals surface area contributed by atoms with Crippen LogP contribution in [-0.4, -0.2) is 23.2 Å². The Kier molecular flexibility index (Phi) is 4.26. The summed E-state index contributed by atoms with van der Waals surface area (Å²) in [5.41, 5.74) is 0. The van der Waals surface area contributed by atoms with E-state index in [1.807, 2.05) is 0 Å². The standard InChI is InChI=1S/C9H12BrNO2/c10-5-4-9(13)11-7-2-1-3-8(12)6-7/h7-8,12H,1-3,6H2,(H,11,13)/t7-,8+/m0/s1. The molecule has 0 aromatic heterocycles. The molecule has 0 aromatic carbocycles. The Hall–Kier alpha value is -0.530. The normalized spacial score (nSPS) is 27.2. The average molecular weight is 246 g/mol. The quantitative estimate of drug-likeness (QED) is 0.671. The van der Waals surface area contributed by atoms with Gasteiger partial charge >= 0.3 is 0 Å². The molecule has 1 saturated carbocycles. The number of carbonyl (C=O) groups is 1. The Balaban J connectivity index is 2.34. The Labute approximate surface area is 86.0 Å². The zero-order valence-electron chi connectivity index (χ0n) is 7.22. The molecule has 0 spiro atoms. The first-order valence-electron chi connectivity index (χ1n) is 4.32. The fraction of sp³-hybridized carbons (Fsp3) is 0.667. The van der Waals surface area contributed by atoms with Gasteiger partial charge in [0.25, 0.3) is 5.91 Å². The van der Waals surface area contributed by atoms with E-state index >= 15 is 0 Å². The Morgan fingerprint density at radius 2 is 2.31 bits per heavy atom. The molecule has 1 aliphatic carbocycles. The number of hydrogen-bond acceptors (Lipinski definition) is 2. The molecule has 0 unspecified atom stereocenters. The summed E-state index contributed by atoms with van der Waals surface area (Å²) in [6, 6.07) is 0.0876. The third kappa shape index (κ3) is 3.79. The first kappa shape index (κ1) is 10.6. The van der Waals surface area contributed by atoms with Crippen LogP contribution in [0.2, 0.25) is 0 Å². The maximum Gasteiger partial charge on any atom is 0.296 e. The van der Waals surface area contributed by atoms with Gasteiger partial charge in [-0.05, 0) is 30.5 Å². The number of aliphatic hydroxyl groups excluding tert-OH is 1. The lowest BCUT2D eigenvalue weighted by Crippen LogP contribution is -2.39. The van der Waals surface area contributed by atoms with Gasteiger partial charge in [0.2, 0.25) is 0 Å². The summed E-state index contributed by atoms with van der Waals surface area (Å²) < 4.78 is 0. The molecule has 1 aliphatic rings. The van der Waals surface area contributed by atoms with Crippen LogP contribution in [0, 0.1) is 10.8 Å². The molecule has 2 N–H and O–H groups in total. The summed E-state index contributed by atoms with van der Waals surface area (Å²) in [7, 11) is 0. The van der Waals surface area contributed by atoms with Gasteiger partial charge in [0.15, 0.2) is 0 Å². The number of nitrogens with one attached hydrogen (secondary N) is 1. The fourth-order valence-electron chi connectivity index (χ4n) is 1.56. The van der Waals surface area contributed by atoms with Crippen molar-refractivity contribution < 1.29 is 9.90 Å². The summed E-state index contributed by atoms with van der Waals surface area (Å²) in [5.74, 6) is 2.06. The van der Waals surface area contributed by atoms with Crippen LogP contribution >= 0.6 is 15.9 Å². The summed E-state index contributed by atoms with van der Waals surface area (Å²) in [4.78, 5) is 13.4. The second-order valence-corrected chi connectivity index (χ2v) is 3.61. The van der Waals surface area contributed by atoms with Crippen LogP contribution in [0.4, 0.5) is 0 Å². The molecule has 1 rings (SSSR count). The smallest absolute Gasteiger partial charge is 0.296 e. The van der Waals surface area contributed by atoms with Crippen molar-refractivity contribution in [3.05, 3.63) is 0 Å². The van der Waals surface area contributed by atoms with Crippen LogP contribution in [0.25, 0.3) is 0 Å². The molecule has 0 aromatic rings. The number of hydrogen-bond donors (Lipinski definition) is 2. The van der Waals surface area contributed by atoms with E-state index in [1.165, 1.54) is 0 Å². The van der Waals surface area contributed by atoms with Gasteiger partial charge in [-0.1, -0.05) is 0 Å². The topological polar surface area (TPSA) is 49.3 Å². The third-order valence-corrected chi connectivity index (χ3v) is 2.34. The van der Waals surface area contributed by atoms with Gasteiger partial charge in [0, 0.05) is 27.9 Å². The summed E-state index contributed by atoms with van der Waals surface area (Å²) >= 11 is 2.86. The van der Waals surface area contributed by atoms with Gasteiger partial charge in [0.1, 0.15) is 0 Å². The predicted molar refractivity (Wildman–Crippen MR) is 53.1 cm³/mol. The monoisotopic (exact) mass is 245 g/mol. The second-order valence-electron chi connectivity index (χ2n) is 3.21. The van der Waals surface area contributed by atoms with E-state index < -0.39 is 0 Å². The van der Waals surface area contributed by atoms with Crippen molar-refractivity contribution in [2.45, 2.75) is 37.8 Å². The lowest BCUT2D eigenvalue weighted by molar-refractivity contribution is -0.116. The highest BCUT2D eigenvalue weighted by Gasteiger charge is 2.20. The highest BCUT2D eigenvalue weighted by atomic mass is 79.9. The highest BCUT2D eigenvalue weighted by molar-refractivity contribution is 9.12. The molecule has 0 radical (unpaired) electrons. The molecular weight excluding hydrogens is 234 g/mol. The van der Waals surface area contributed by atoms with Gasteiger partial charge in [0.05, 0.1) is 6.10 Å². The molecule has 2 atom stereocenters. The first-order chi connectivity index (χ1) is 6.22. The van der Waals surface area contributed by atoms with Crippen LogP contribution in [0.5, 0.6) is 0 Å². The summed E-state index contributed by atoms with van der Waals surface area (Å²) in [6.45, 7) is 0. The zero-order chi connectivity index (χ0) is 9.68. The van der Waals surface area contributed by atoms with Crippen molar-refractivity contribution in [1.29, 1.82) is 0 Å². The molecule has 4 heteroatoms. The van der Waals surface area contributed by atoms with Gasteiger partial charge in [-0.15, -0.1) is 0 Å². The summed E-state index contributed by atoms with van der Waals surface area (Å²) in [6.07, 6.45) is 3.13. The zero-order valence-corrected chi connectivity index (χ0v) is 8.80. The SMILES string of the molecule is O=C(C#CBr)N[C@H]1CCC[C@@H](O)C1. The van der Waals surface area contributed by atoms with Crippen molar-refractivity contribution in [3.63, 3.8) is 0 Å². The van der Waals surface area contributed by atoms with Crippen molar-refractivity contribution in [3.8, 4) is 10.8 Å². The number of aliphatic hydroxyl groups is 1. The average Bonchev–Trinajstić information content (AvgIpc) is 2.04. The molecule has 0 aliphatic heterocycles. The molecule has 3 nitrogen and oxygen atoms in total. The first-order valence-corrected chi connectivity index (χ1v) is 5.12. The second kappa shape index (κ2) is 5.25. The number of rotatable bonds is 1.